The van der Waals surface area contributed by atoms with Gasteiger partial charge in [0.15, 0.2) is 5.82 Å². The van der Waals surface area contributed by atoms with Crippen molar-refractivity contribution in [3.05, 3.63) is 95.8 Å². The molecule has 0 saturated carbocycles. The number of fused-ring (bicyclic) bond motifs is 1. The van der Waals surface area contributed by atoms with Crippen molar-refractivity contribution in [3.63, 3.8) is 0 Å². The van der Waals surface area contributed by atoms with E-state index in [9.17, 15) is 4.79 Å². The van der Waals surface area contributed by atoms with Gasteiger partial charge in [0, 0.05) is 23.1 Å². The highest BCUT2D eigenvalue weighted by Gasteiger charge is 2.11. The van der Waals surface area contributed by atoms with Crippen LogP contribution in [0.1, 0.15) is 17.0 Å². The topological polar surface area (TPSA) is 94.0 Å². The number of aromatic nitrogens is 4. The summed E-state index contributed by atoms with van der Waals surface area (Å²) in [5.74, 6) is 1.57. The summed E-state index contributed by atoms with van der Waals surface area (Å²) in [5, 5.41) is 20.8. The SMILES string of the molecule is Cc1nn(-c2ccc(Oc3ccc(NC(=O)Nc4ccc5ccccc5c4)cc3)nn2)c(C)c1C. The van der Waals surface area contributed by atoms with Gasteiger partial charge >= 0.3 is 6.03 Å². The molecule has 0 atom stereocenters. The molecule has 2 N–H and O–H groups in total. The summed E-state index contributed by atoms with van der Waals surface area (Å²) >= 11 is 0. The highest BCUT2D eigenvalue weighted by atomic mass is 16.5. The molecule has 8 heteroatoms. The van der Waals surface area contributed by atoms with Gasteiger partial charge in [0.2, 0.25) is 5.88 Å². The van der Waals surface area contributed by atoms with Crippen molar-refractivity contribution in [1.82, 2.24) is 20.0 Å². The lowest BCUT2D eigenvalue weighted by Gasteiger charge is -2.10. The van der Waals surface area contributed by atoms with Crippen molar-refractivity contribution >= 4 is 28.2 Å². The molecule has 35 heavy (non-hydrogen) atoms. The first-order chi connectivity index (χ1) is 17.0. The van der Waals surface area contributed by atoms with E-state index in [2.05, 4.69) is 25.9 Å². The summed E-state index contributed by atoms with van der Waals surface area (Å²) in [6.45, 7) is 6.00. The maximum absolute atomic E-state index is 12.4. The fourth-order valence-corrected chi connectivity index (χ4v) is 3.71. The van der Waals surface area contributed by atoms with Gasteiger partial charge in [-0.05, 0) is 79.6 Å². The van der Waals surface area contributed by atoms with E-state index in [-0.39, 0.29) is 6.03 Å². The fourth-order valence-electron chi connectivity index (χ4n) is 3.71. The molecule has 0 radical (unpaired) electrons. The normalized spacial score (nSPS) is 10.8. The number of ether oxygens (including phenoxy) is 1. The number of carbonyl (C=O) groups excluding carboxylic acids is 1. The second-order valence-electron chi connectivity index (χ2n) is 8.20. The average molecular weight is 465 g/mol. The van der Waals surface area contributed by atoms with Gasteiger partial charge in [-0.15, -0.1) is 10.2 Å². The van der Waals surface area contributed by atoms with E-state index in [1.807, 2.05) is 69.3 Å². The minimum absolute atomic E-state index is 0.324. The molecule has 174 valence electrons. The summed E-state index contributed by atoms with van der Waals surface area (Å²) in [6.07, 6.45) is 0. The van der Waals surface area contributed by atoms with Gasteiger partial charge in [-0.1, -0.05) is 30.3 Å². The summed E-state index contributed by atoms with van der Waals surface area (Å²) in [7, 11) is 0. The first-order valence-corrected chi connectivity index (χ1v) is 11.2. The molecular formula is C27H24N6O2. The van der Waals surface area contributed by atoms with Gasteiger partial charge in [0.25, 0.3) is 0 Å². The number of hydrogen-bond acceptors (Lipinski definition) is 5. The maximum Gasteiger partial charge on any atom is 0.323 e. The Morgan fingerprint density at radius 2 is 1.51 bits per heavy atom. The molecule has 0 unspecified atom stereocenters. The van der Waals surface area contributed by atoms with Gasteiger partial charge in [-0.2, -0.15) is 5.10 Å². The second kappa shape index (κ2) is 9.26. The summed E-state index contributed by atoms with van der Waals surface area (Å²) in [4.78, 5) is 12.4. The zero-order valence-electron chi connectivity index (χ0n) is 19.6. The number of aryl methyl sites for hydroxylation is 1. The van der Waals surface area contributed by atoms with E-state index in [4.69, 9.17) is 4.74 Å². The number of nitrogens with one attached hydrogen (secondary N) is 2. The molecule has 0 aliphatic rings. The molecule has 8 nitrogen and oxygen atoms in total. The highest BCUT2D eigenvalue weighted by molar-refractivity contribution is 6.01. The molecule has 0 aliphatic heterocycles. The van der Waals surface area contributed by atoms with Crippen LogP contribution in [0.25, 0.3) is 16.6 Å². The van der Waals surface area contributed by atoms with Crippen LogP contribution in [-0.4, -0.2) is 26.0 Å². The zero-order valence-corrected chi connectivity index (χ0v) is 19.6. The Kier molecular flexibility index (Phi) is 5.85. The van der Waals surface area contributed by atoms with Crippen LogP contribution in [0.2, 0.25) is 0 Å². The van der Waals surface area contributed by atoms with E-state index in [1.165, 1.54) is 0 Å². The Hall–Kier alpha value is -4.72. The van der Waals surface area contributed by atoms with E-state index < -0.39 is 0 Å². The quantitative estimate of drug-likeness (QED) is 0.324. The number of rotatable bonds is 5. The Morgan fingerprint density at radius 1 is 0.800 bits per heavy atom. The monoisotopic (exact) mass is 464 g/mol. The van der Waals surface area contributed by atoms with Crippen LogP contribution in [0.4, 0.5) is 16.2 Å². The molecule has 3 aromatic carbocycles. The number of hydrogen-bond donors (Lipinski definition) is 2. The number of amides is 2. The standard InChI is InChI=1S/C27H24N6O2/c1-17-18(2)32-33(19(17)3)25-14-15-26(31-30-25)35-24-12-10-22(11-13-24)28-27(34)29-23-9-8-20-6-4-5-7-21(20)16-23/h4-16H,1-3H3,(H2,28,29,34). The largest absolute Gasteiger partial charge is 0.438 e. The van der Waals surface area contributed by atoms with Gasteiger partial charge in [-0.3, -0.25) is 0 Å². The molecule has 0 bridgehead atoms. The average Bonchev–Trinajstić information content (AvgIpc) is 3.13. The van der Waals surface area contributed by atoms with Crippen LogP contribution in [0.3, 0.4) is 0 Å². The van der Waals surface area contributed by atoms with Crippen molar-refractivity contribution < 1.29 is 9.53 Å². The molecule has 2 heterocycles. The molecular weight excluding hydrogens is 440 g/mol. The Labute approximate surface area is 202 Å². The van der Waals surface area contributed by atoms with Crippen molar-refractivity contribution in [1.29, 1.82) is 0 Å². The molecule has 0 aliphatic carbocycles. The van der Waals surface area contributed by atoms with Crippen LogP contribution < -0.4 is 15.4 Å². The molecule has 2 aromatic heterocycles. The Balaban J connectivity index is 1.20. The van der Waals surface area contributed by atoms with Crippen LogP contribution in [-0.2, 0) is 0 Å². The third kappa shape index (κ3) is 4.81. The fraction of sp³-hybridized carbons (Fsp3) is 0.111. The summed E-state index contributed by atoms with van der Waals surface area (Å²) in [5.41, 5.74) is 4.48. The molecule has 0 saturated heterocycles. The van der Waals surface area contributed by atoms with E-state index in [1.54, 1.807) is 35.0 Å². The summed E-state index contributed by atoms with van der Waals surface area (Å²) in [6, 6.07) is 24.1. The van der Waals surface area contributed by atoms with Crippen molar-refractivity contribution in [2.75, 3.05) is 10.6 Å². The minimum atomic E-state index is -0.324. The van der Waals surface area contributed by atoms with Crippen molar-refractivity contribution in [2.45, 2.75) is 20.8 Å². The molecule has 2 amide bonds. The molecule has 5 rings (SSSR count). The third-order valence-electron chi connectivity index (χ3n) is 5.84. The van der Waals surface area contributed by atoms with Gasteiger partial charge in [-0.25, -0.2) is 9.48 Å². The van der Waals surface area contributed by atoms with E-state index >= 15 is 0 Å². The lowest BCUT2D eigenvalue weighted by atomic mass is 10.1. The van der Waals surface area contributed by atoms with Gasteiger partial charge in [0.05, 0.1) is 5.69 Å². The lowest BCUT2D eigenvalue weighted by Crippen LogP contribution is -2.19. The zero-order chi connectivity index (χ0) is 24.4. The molecule has 0 spiro atoms. The van der Waals surface area contributed by atoms with Gasteiger partial charge < -0.3 is 15.4 Å². The minimum Gasteiger partial charge on any atom is -0.438 e. The van der Waals surface area contributed by atoms with E-state index in [0.29, 0.717) is 23.1 Å². The van der Waals surface area contributed by atoms with Gasteiger partial charge in [0.1, 0.15) is 5.75 Å². The molecule has 0 fully saturated rings. The second-order valence-corrected chi connectivity index (χ2v) is 8.20. The van der Waals surface area contributed by atoms with Crippen molar-refractivity contribution in [2.24, 2.45) is 0 Å². The van der Waals surface area contributed by atoms with Crippen LogP contribution in [0, 0.1) is 20.8 Å². The predicted octanol–water partition coefficient (Wildman–Crippen LogP) is 6.18. The summed E-state index contributed by atoms with van der Waals surface area (Å²) < 4.78 is 7.56. The number of carbonyl (C=O) groups is 1. The number of urea groups is 1. The predicted molar refractivity (Wildman–Crippen MR) is 136 cm³/mol. The van der Waals surface area contributed by atoms with Crippen molar-refractivity contribution in [3.8, 4) is 17.4 Å². The number of benzene rings is 3. The van der Waals surface area contributed by atoms with Crippen LogP contribution >= 0.6 is 0 Å². The lowest BCUT2D eigenvalue weighted by molar-refractivity contribution is 0.262. The Bertz CT molecular complexity index is 1510. The Morgan fingerprint density at radius 3 is 2.20 bits per heavy atom. The van der Waals surface area contributed by atoms with Crippen LogP contribution in [0.5, 0.6) is 11.6 Å². The smallest absolute Gasteiger partial charge is 0.323 e. The van der Waals surface area contributed by atoms with Crippen LogP contribution in [0.15, 0.2) is 78.9 Å². The molecule has 5 aromatic rings. The number of nitrogens with zero attached hydrogens (tertiary/aromatic N) is 4. The highest BCUT2D eigenvalue weighted by Crippen LogP contribution is 2.23. The first-order valence-electron chi connectivity index (χ1n) is 11.2. The first kappa shape index (κ1) is 22.1. The van der Waals surface area contributed by atoms with E-state index in [0.717, 1.165) is 33.4 Å². The third-order valence-corrected chi connectivity index (χ3v) is 5.84. The number of anilines is 2. The maximum atomic E-state index is 12.4.